The Morgan fingerprint density at radius 1 is 0.969 bits per heavy atom. The molecule has 0 saturated carbocycles. The van der Waals surface area contributed by atoms with Gasteiger partial charge in [-0.15, -0.1) is 5.06 Å². The summed E-state index contributed by atoms with van der Waals surface area (Å²) >= 11 is 0. The number of benzene rings is 2. The summed E-state index contributed by atoms with van der Waals surface area (Å²) in [5, 5.41) is 2.98. The second kappa shape index (κ2) is 8.82. The van der Waals surface area contributed by atoms with Gasteiger partial charge in [-0.2, -0.15) is 0 Å². The molecular weight excluding hydrogens is 412 g/mol. The number of nitrogens with zero attached hydrogens (tertiary/aromatic N) is 1. The monoisotopic (exact) mass is 436 g/mol. The quantitative estimate of drug-likeness (QED) is 0.698. The molecule has 3 amide bonds. The molecule has 2 aliphatic rings. The number of nitrogens with one attached hydrogen (secondary N) is 1. The number of fused-ring (bicyclic) bond motifs is 3. The highest BCUT2D eigenvalue weighted by Gasteiger charge is 2.36. The van der Waals surface area contributed by atoms with Gasteiger partial charge in [0.1, 0.15) is 12.6 Å². The fourth-order valence-electron chi connectivity index (χ4n) is 4.07. The highest BCUT2D eigenvalue weighted by molar-refractivity contribution is 6.01. The van der Waals surface area contributed by atoms with Crippen molar-refractivity contribution in [1.29, 1.82) is 0 Å². The normalized spacial score (nSPS) is 16.0. The Balaban J connectivity index is 1.41. The zero-order chi connectivity index (χ0) is 22.8. The number of amides is 3. The van der Waals surface area contributed by atoms with Crippen molar-refractivity contribution in [1.82, 2.24) is 10.4 Å². The van der Waals surface area contributed by atoms with E-state index in [2.05, 4.69) is 5.32 Å². The predicted molar refractivity (Wildman–Crippen MR) is 114 cm³/mol. The summed E-state index contributed by atoms with van der Waals surface area (Å²) in [4.78, 5) is 53.4. The van der Waals surface area contributed by atoms with Gasteiger partial charge < -0.3 is 14.9 Å². The van der Waals surface area contributed by atoms with Crippen molar-refractivity contribution in [2.75, 3.05) is 6.61 Å². The van der Waals surface area contributed by atoms with Crippen molar-refractivity contribution < 1.29 is 28.8 Å². The van der Waals surface area contributed by atoms with Crippen LogP contribution in [-0.4, -0.2) is 41.6 Å². The first-order valence-electron chi connectivity index (χ1n) is 10.6. The molecule has 0 radical (unpaired) electrons. The van der Waals surface area contributed by atoms with Gasteiger partial charge in [0.25, 0.3) is 11.8 Å². The molecule has 1 heterocycles. The minimum atomic E-state index is -1.08. The van der Waals surface area contributed by atoms with Crippen molar-refractivity contribution in [3.63, 3.8) is 0 Å². The van der Waals surface area contributed by atoms with Crippen LogP contribution in [0.4, 0.5) is 4.79 Å². The smallest absolute Gasteiger partial charge is 0.407 e. The summed E-state index contributed by atoms with van der Waals surface area (Å²) in [7, 11) is 0. The van der Waals surface area contributed by atoms with Gasteiger partial charge in [-0.05, 0) is 28.2 Å². The van der Waals surface area contributed by atoms with Gasteiger partial charge in [-0.25, -0.2) is 9.59 Å². The topological polar surface area (TPSA) is 102 Å². The number of alkyl carbamates (subject to hydrolysis) is 1. The average Bonchev–Trinajstić information content (AvgIpc) is 3.27. The summed E-state index contributed by atoms with van der Waals surface area (Å²) in [6, 6.07) is 14.9. The zero-order valence-electron chi connectivity index (χ0n) is 17.9. The Bertz CT molecular complexity index is 1020. The molecule has 32 heavy (non-hydrogen) atoms. The molecule has 0 bridgehead atoms. The summed E-state index contributed by atoms with van der Waals surface area (Å²) < 4.78 is 5.48. The van der Waals surface area contributed by atoms with E-state index in [1.165, 1.54) is 0 Å². The molecule has 4 rings (SSSR count). The maximum atomic E-state index is 12.5. The molecule has 2 aromatic rings. The van der Waals surface area contributed by atoms with E-state index in [9.17, 15) is 19.2 Å². The van der Waals surface area contributed by atoms with E-state index in [0.717, 1.165) is 22.3 Å². The lowest BCUT2D eigenvalue weighted by Crippen LogP contribution is -2.48. The SMILES string of the molecule is CC(C)[C@@H](NC(=O)OCC1c2ccccc2-c2ccccc21)C(=O)ON1C(=O)CCC1=O. The summed E-state index contributed by atoms with van der Waals surface area (Å²) in [6.07, 6.45) is -0.780. The summed E-state index contributed by atoms with van der Waals surface area (Å²) in [5.41, 5.74) is 4.38. The van der Waals surface area contributed by atoms with E-state index in [-0.39, 0.29) is 31.3 Å². The number of hydrogen-bond acceptors (Lipinski definition) is 6. The van der Waals surface area contributed by atoms with Gasteiger partial charge in [0, 0.05) is 18.8 Å². The number of rotatable bonds is 6. The van der Waals surface area contributed by atoms with Crippen LogP contribution in [0.3, 0.4) is 0 Å². The number of carbonyl (C=O) groups is 4. The van der Waals surface area contributed by atoms with Crippen LogP contribution in [0.1, 0.15) is 43.7 Å². The lowest BCUT2D eigenvalue weighted by Gasteiger charge is -2.23. The molecule has 1 aliphatic heterocycles. The maximum Gasteiger partial charge on any atom is 0.407 e. The molecule has 0 unspecified atom stereocenters. The van der Waals surface area contributed by atoms with Crippen LogP contribution in [-0.2, 0) is 24.0 Å². The lowest BCUT2D eigenvalue weighted by molar-refractivity contribution is -0.199. The number of ether oxygens (including phenoxy) is 1. The minimum absolute atomic E-state index is 0.00172. The van der Waals surface area contributed by atoms with Crippen molar-refractivity contribution in [2.24, 2.45) is 5.92 Å². The summed E-state index contributed by atoms with van der Waals surface area (Å²) in [6.45, 7) is 3.52. The Morgan fingerprint density at radius 3 is 2.03 bits per heavy atom. The van der Waals surface area contributed by atoms with E-state index >= 15 is 0 Å². The Labute approximate surface area is 185 Å². The molecule has 0 aromatic heterocycles. The van der Waals surface area contributed by atoms with Gasteiger partial charge >= 0.3 is 12.1 Å². The molecule has 1 atom stereocenters. The first kappa shape index (κ1) is 21.5. The van der Waals surface area contributed by atoms with Gasteiger partial charge in [-0.3, -0.25) is 9.59 Å². The second-order valence-corrected chi connectivity index (χ2v) is 8.18. The van der Waals surface area contributed by atoms with Gasteiger partial charge in [0.05, 0.1) is 0 Å². The van der Waals surface area contributed by atoms with E-state index in [0.29, 0.717) is 5.06 Å². The molecule has 8 heteroatoms. The molecular formula is C24H24N2O6. The van der Waals surface area contributed by atoms with Crippen molar-refractivity contribution in [3.8, 4) is 11.1 Å². The number of imide groups is 1. The van der Waals surface area contributed by atoms with Crippen LogP contribution < -0.4 is 5.32 Å². The fourth-order valence-corrected chi connectivity index (χ4v) is 4.07. The lowest BCUT2D eigenvalue weighted by atomic mass is 9.98. The average molecular weight is 436 g/mol. The third kappa shape index (κ3) is 4.08. The van der Waals surface area contributed by atoms with Crippen molar-refractivity contribution in [2.45, 2.75) is 38.6 Å². The van der Waals surface area contributed by atoms with Crippen molar-refractivity contribution >= 4 is 23.9 Å². The molecule has 2 aromatic carbocycles. The van der Waals surface area contributed by atoms with Crippen LogP contribution in [0.15, 0.2) is 48.5 Å². The van der Waals surface area contributed by atoms with Crippen LogP contribution in [0.25, 0.3) is 11.1 Å². The highest BCUT2D eigenvalue weighted by atomic mass is 16.7. The predicted octanol–water partition coefficient (Wildman–Crippen LogP) is 3.16. The number of hydrogen-bond donors (Lipinski definition) is 1. The zero-order valence-corrected chi connectivity index (χ0v) is 17.9. The first-order chi connectivity index (χ1) is 15.4. The third-order valence-electron chi connectivity index (χ3n) is 5.72. The van der Waals surface area contributed by atoms with E-state index < -0.39 is 29.9 Å². The van der Waals surface area contributed by atoms with Crippen LogP contribution >= 0.6 is 0 Å². The molecule has 1 fully saturated rings. The highest BCUT2D eigenvalue weighted by Crippen LogP contribution is 2.44. The van der Waals surface area contributed by atoms with E-state index in [4.69, 9.17) is 9.57 Å². The molecule has 0 spiro atoms. The second-order valence-electron chi connectivity index (χ2n) is 8.18. The number of carbonyl (C=O) groups excluding carboxylic acids is 4. The van der Waals surface area contributed by atoms with Gasteiger partial charge in [0.2, 0.25) is 0 Å². The molecule has 1 aliphatic carbocycles. The number of hydroxylamine groups is 2. The third-order valence-corrected chi connectivity index (χ3v) is 5.72. The molecule has 166 valence electrons. The Kier molecular flexibility index (Phi) is 5.94. The molecule has 8 nitrogen and oxygen atoms in total. The Morgan fingerprint density at radius 2 is 1.50 bits per heavy atom. The summed E-state index contributed by atoms with van der Waals surface area (Å²) in [5.74, 6) is -2.51. The standard InChI is InChI=1S/C24H24N2O6/c1-14(2)22(23(29)32-26-20(27)11-12-21(26)28)25-24(30)31-13-19-17-9-5-3-7-15(17)16-8-4-6-10-18(16)19/h3-10,14,19,22H,11-13H2,1-2H3,(H,25,30)/t22-/m1/s1. The fraction of sp³-hybridized carbons (Fsp3) is 0.333. The van der Waals surface area contributed by atoms with Crippen LogP contribution in [0.2, 0.25) is 0 Å². The maximum absolute atomic E-state index is 12.5. The van der Waals surface area contributed by atoms with Gasteiger partial charge in [-0.1, -0.05) is 62.4 Å². The molecule has 1 saturated heterocycles. The van der Waals surface area contributed by atoms with Crippen LogP contribution in [0.5, 0.6) is 0 Å². The van der Waals surface area contributed by atoms with Crippen molar-refractivity contribution in [3.05, 3.63) is 59.7 Å². The molecule has 1 N–H and O–H groups in total. The first-order valence-corrected chi connectivity index (χ1v) is 10.6. The van der Waals surface area contributed by atoms with E-state index in [1.807, 2.05) is 48.5 Å². The van der Waals surface area contributed by atoms with Gasteiger partial charge in [0.15, 0.2) is 0 Å². The Hall–Kier alpha value is -3.68. The van der Waals surface area contributed by atoms with Crippen LogP contribution in [0, 0.1) is 5.92 Å². The largest absolute Gasteiger partial charge is 0.449 e. The van der Waals surface area contributed by atoms with E-state index in [1.54, 1.807) is 13.8 Å². The minimum Gasteiger partial charge on any atom is -0.449 e.